The predicted octanol–water partition coefficient (Wildman–Crippen LogP) is 0.615. The zero-order chi connectivity index (χ0) is 14.8. The summed E-state index contributed by atoms with van der Waals surface area (Å²) in [6.07, 6.45) is 1.75. The highest BCUT2D eigenvalue weighted by molar-refractivity contribution is 5.82. The Balaban J connectivity index is 2.15. The Kier molecular flexibility index (Phi) is 4.28. The fourth-order valence-corrected chi connectivity index (χ4v) is 2.57. The average Bonchev–Trinajstić information content (AvgIpc) is 2.44. The molecule has 0 aromatic carbocycles. The van der Waals surface area contributed by atoms with Gasteiger partial charge in [0.2, 0.25) is 5.91 Å². The SMILES string of the molecule is Cc1cccn(CC(C)(C)C(=O)N2CCNCC2)c1=O. The van der Waals surface area contributed by atoms with Crippen LogP contribution in [-0.2, 0) is 11.3 Å². The molecule has 0 bridgehead atoms. The lowest BCUT2D eigenvalue weighted by Gasteiger charge is -2.34. The number of piperazine rings is 1. The van der Waals surface area contributed by atoms with Gasteiger partial charge in [-0.3, -0.25) is 9.59 Å². The van der Waals surface area contributed by atoms with E-state index in [0.717, 1.165) is 26.2 Å². The topological polar surface area (TPSA) is 54.3 Å². The Morgan fingerprint density at radius 3 is 2.65 bits per heavy atom. The molecule has 0 aliphatic carbocycles. The maximum absolute atomic E-state index is 12.6. The van der Waals surface area contributed by atoms with Crippen molar-refractivity contribution in [1.29, 1.82) is 0 Å². The highest BCUT2D eigenvalue weighted by atomic mass is 16.2. The molecule has 1 fully saturated rings. The third-order valence-electron chi connectivity index (χ3n) is 3.76. The Labute approximate surface area is 119 Å². The monoisotopic (exact) mass is 277 g/mol. The number of aromatic nitrogens is 1. The largest absolute Gasteiger partial charge is 0.340 e. The second-order valence-corrected chi connectivity index (χ2v) is 6.05. The zero-order valence-electron chi connectivity index (χ0n) is 12.5. The van der Waals surface area contributed by atoms with E-state index in [4.69, 9.17) is 0 Å². The first-order valence-corrected chi connectivity index (χ1v) is 7.08. The summed E-state index contributed by atoms with van der Waals surface area (Å²) in [6, 6.07) is 3.64. The summed E-state index contributed by atoms with van der Waals surface area (Å²) in [4.78, 5) is 26.6. The molecule has 0 atom stereocenters. The van der Waals surface area contributed by atoms with Crippen molar-refractivity contribution in [2.45, 2.75) is 27.3 Å². The van der Waals surface area contributed by atoms with Crippen LogP contribution in [0.1, 0.15) is 19.4 Å². The van der Waals surface area contributed by atoms with E-state index in [2.05, 4.69) is 5.32 Å². The van der Waals surface area contributed by atoms with Crippen LogP contribution >= 0.6 is 0 Å². The lowest BCUT2D eigenvalue weighted by atomic mass is 9.91. The predicted molar refractivity (Wildman–Crippen MR) is 78.7 cm³/mol. The van der Waals surface area contributed by atoms with Crippen molar-refractivity contribution < 1.29 is 4.79 Å². The van der Waals surface area contributed by atoms with Gasteiger partial charge in [0.25, 0.3) is 5.56 Å². The summed E-state index contributed by atoms with van der Waals surface area (Å²) < 4.78 is 1.63. The van der Waals surface area contributed by atoms with Gasteiger partial charge in [-0.1, -0.05) is 6.07 Å². The maximum atomic E-state index is 12.6. The van der Waals surface area contributed by atoms with Gasteiger partial charge in [0.05, 0.1) is 5.41 Å². The molecule has 5 heteroatoms. The summed E-state index contributed by atoms with van der Waals surface area (Å²) in [5, 5.41) is 3.24. The second kappa shape index (κ2) is 5.79. The molecule has 1 aliphatic heterocycles. The van der Waals surface area contributed by atoms with Crippen molar-refractivity contribution in [3.8, 4) is 0 Å². The van der Waals surface area contributed by atoms with Crippen molar-refractivity contribution in [1.82, 2.24) is 14.8 Å². The number of hydrogen-bond acceptors (Lipinski definition) is 3. The fraction of sp³-hybridized carbons (Fsp3) is 0.600. The van der Waals surface area contributed by atoms with Crippen molar-refractivity contribution in [3.63, 3.8) is 0 Å². The quantitative estimate of drug-likeness (QED) is 0.881. The standard InChI is InChI=1S/C15H23N3O2/c1-12-5-4-8-18(13(12)19)11-15(2,3)14(20)17-9-6-16-7-10-17/h4-5,8,16H,6-7,9-11H2,1-3H3. The molecule has 0 saturated carbocycles. The molecule has 1 N–H and O–H groups in total. The van der Waals surface area contributed by atoms with Gasteiger partial charge < -0.3 is 14.8 Å². The molecule has 1 aromatic heterocycles. The fourth-order valence-electron chi connectivity index (χ4n) is 2.57. The third-order valence-corrected chi connectivity index (χ3v) is 3.76. The van der Waals surface area contributed by atoms with Crippen LogP contribution in [0.2, 0.25) is 0 Å². The number of aryl methyl sites for hydroxylation is 1. The molecule has 0 spiro atoms. The van der Waals surface area contributed by atoms with Crippen LogP contribution in [0.3, 0.4) is 0 Å². The molecule has 110 valence electrons. The number of rotatable bonds is 3. The Morgan fingerprint density at radius 2 is 2.00 bits per heavy atom. The van der Waals surface area contributed by atoms with Gasteiger partial charge in [0.15, 0.2) is 0 Å². The van der Waals surface area contributed by atoms with Crippen LogP contribution in [0.25, 0.3) is 0 Å². The molecule has 1 aliphatic rings. The number of nitrogens with one attached hydrogen (secondary N) is 1. The summed E-state index contributed by atoms with van der Waals surface area (Å²) >= 11 is 0. The lowest BCUT2D eigenvalue weighted by Crippen LogP contribution is -2.51. The molecule has 5 nitrogen and oxygen atoms in total. The molecule has 1 saturated heterocycles. The van der Waals surface area contributed by atoms with E-state index in [1.807, 2.05) is 24.8 Å². The number of nitrogens with zero attached hydrogens (tertiary/aromatic N) is 2. The van der Waals surface area contributed by atoms with Crippen LogP contribution in [-0.4, -0.2) is 41.6 Å². The summed E-state index contributed by atoms with van der Waals surface area (Å²) in [7, 11) is 0. The third kappa shape index (κ3) is 3.10. The van der Waals surface area contributed by atoms with Crippen molar-refractivity contribution >= 4 is 5.91 Å². The Bertz CT molecular complexity index is 542. The molecular formula is C15H23N3O2. The zero-order valence-corrected chi connectivity index (χ0v) is 12.5. The number of pyridine rings is 1. The molecule has 20 heavy (non-hydrogen) atoms. The first kappa shape index (κ1) is 14.8. The molecule has 2 heterocycles. The van der Waals surface area contributed by atoms with E-state index in [-0.39, 0.29) is 11.5 Å². The minimum atomic E-state index is -0.574. The highest BCUT2D eigenvalue weighted by Crippen LogP contribution is 2.21. The van der Waals surface area contributed by atoms with Crippen LogP contribution < -0.4 is 10.9 Å². The summed E-state index contributed by atoms with van der Waals surface area (Å²) in [6.45, 7) is 9.19. The Hall–Kier alpha value is -1.62. The van der Waals surface area contributed by atoms with Crippen molar-refractivity contribution in [2.75, 3.05) is 26.2 Å². The van der Waals surface area contributed by atoms with Crippen LogP contribution in [0.15, 0.2) is 23.1 Å². The van der Waals surface area contributed by atoms with E-state index in [0.29, 0.717) is 12.1 Å². The van der Waals surface area contributed by atoms with E-state index < -0.39 is 5.41 Å². The minimum absolute atomic E-state index is 0.0197. The number of hydrogen-bond donors (Lipinski definition) is 1. The molecular weight excluding hydrogens is 254 g/mol. The molecule has 1 amide bonds. The number of amides is 1. The van der Waals surface area contributed by atoms with Gasteiger partial charge in [0, 0.05) is 44.5 Å². The van der Waals surface area contributed by atoms with Crippen LogP contribution in [0.4, 0.5) is 0 Å². The Morgan fingerprint density at radius 1 is 1.35 bits per heavy atom. The van der Waals surface area contributed by atoms with Crippen molar-refractivity contribution in [2.24, 2.45) is 5.41 Å². The number of carbonyl (C=O) groups is 1. The first-order valence-electron chi connectivity index (χ1n) is 7.08. The van der Waals surface area contributed by atoms with Gasteiger partial charge in [-0.25, -0.2) is 0 Å². The van der Waals surface area contributed by atoms with Crippen molar-refractivity contribution in [3.05, 3.63) is 34.2 Å². The second-order valence-electron chi connectivity index (χ2n) is 6.05. The molecule has 0 radical (unpaired) electrons. The lowest BCUT2D eigenvalue weighted by molar-refractivity contribution is -0.141. The highest BCUT2D eigenvalue weighted by Gasteiger charge is 2.33. The van der Waals surface area contributed by atoms with Gasteiger partial charge in [-0.2, -0.15) is 0 Å². The van der Waals surface area contributed by atoms with E-state index in [1.54, 1.807) is 23.8 Å². The molecule has 2 rings (SSSR count). The van der Waals surface area contributed by atoms with Gasteiger partial charge in [-0.05, 0) is 26.8 Å². The van der Waals surface area contributed by atoms with Gasteiger partial charge in [0.1, 0.15) is 0 Å². The number of carbonyl (C=O) groups excluding carboxylic acids is 1. The summed E-state index contributed by atoms with van der Waals surface area (Å²) in [5.74, 6) is 0.118. The average molecular weight is 277 g/mol. The maximum Gasteiger partial charge on any atom is 0.253 e. The smallest absolute Gasteiger partial charge is 0.253 e. The van der Waals surface area contributed by atoms with Crippen LogP contribution in [0, 0.1) is 12.3 Å². The van der Waals surface area contributed by atoms with E-state index in [1.165, 1.54) is 0 Å². The minimum Gasteiger partial charge on any atom is -0.340 e. The first-order chi connectivity index (χ1) is 9.42. The van der Waals surface area contributed by atoms with E-state index in [9.17, 15) is 9.59 Å². The van der Waals surface area contributed by atoms with E-state index >= 15 is 0 Å². The normalized spacial score (nSPS) is 16.2. The van der Waals surface area contributed by atoms with Crippen LogP contribution in [0.5, 0.6) is 0 Å². The van der Waals surface area contributed by atoms with Gasteiger partial charge >= 0.3 is 0 Å². The molecule has 1 aromatic rings. The molecule has 0 unspecified atom stereocenters. The van der Waals surface area contributed by atoms with Gasteiger partial charge in [-0.15, -0.1) is 0 Å². The summed E-state index contributed by atoms with van der Waals surface area (Å²) in [5.41, 5.74) is 0.112.